The molecule has 0 unspecified atom stereocenters. The molecule has 1 amide bonds. The van der Waals surface area contributed by atoms with Crippen molar-refractivity contribution in [1.29, 1.82) is 0 Å². The quantitative estimate of drug-likeness (QED) is 0.714. The second-order valence-electron chi connectivity index (χ2n) is 5.18. The maximum Gasteiger partial charge on any atom is 0.422 e. The molecule has 0 radical (unpaired) electrons. The topological polar surface area (TPSA) is 116 Å². The molecule has 25 heavy (non-hydrogen) atoms. The Balaban J connectivity index is 2.18. The van der Waals surface area contributed by atoms with E-state index in [9.17, 15) is 18.0 Å². The molecule has 2 rings (SSSR count). The fraction of sp³-hybridized carbons (Fsp3) is 0.429. The highest BCUT2D eigenvalue weighted by Gasteiger charge is 2.28. The zero-order chi connectivity index (χ0) is 18.4. The van der Waals surface area contributed by atoms with Gasteiger partial charge in [-0.3, -0.25) is 9.78 Å². The molecule has 0 aromatic carbocycles. The fourth-order valence-electron chi connectivity index (χ4n) is 2.10. The monoisotopic (exact) mass is 359 g/mol. The van der Waals surface area contributed by atoms with E-state index in [1.54, 1.807) is 6.20 Å². The molecule has 0 aliphatic rings. The van der Waals surface area contributed by atoms with Crippen LogP contribution in [-0.2, 0) is 11.3 Å². The van der Waals surface area contributed by atoms with Gasteiger partial charge >= 0.3 is 6.18 Å². The summed E-state index contributed by atoms with van der Waals surface area (Å²) in [7, 11) is 0. The zero-order valence-corrected chi connectivity index (χ0v) is 13.0. The first-order chi connectivity index (χ1) is 11.8. The summed E-state index contributed by atoms with van der Waals surface area (Å²) >= 11 is 0. The molecule has 0 spiro atoms. The number of alkyl halides is 3. The molecule has 0 saturated heterocycles. The van der Waals surface area contributed by atoms with Crippen LogP contribution >= 0.6 is 0 Å². The van der Waals surface area contributed by atoms with Gasteiger partial charge in [-0.25, -0.2) is 4.68 Å². The van der Waals surface area contributed by atoms with Crippen molar-refractivity contribution < 1.29 is 27.8 Å². The van der Waals surface area contributed by atoms with Gasteiger partial charge in [0.25, 0.3) is 0 Å². The molecule has 0 fully saturated rings. The van der Waals surface area contributed by atoms with Crippen molar-refractivity contribution in [3.63, 3.8) is 0 Å². The van der Waals surface area contributed by atoms with E-state index in [0.29, 0.717) is 11.4 Å². The van der Waals surface area contributed by atoms with Crippen molar-refractivity contribution in [2.75, 3.05) is 13.2 Å². The third kappa shape index (κ3) is 5.71. The number of hydrogen-bond acceptors (Lipinski definition) is 6. The van der Waals surface area contributed by atoms with E-state index < -0.39 is 24.6 Å². The van der Waals surface area contributed by atoms with Crippen LogP contribution in [0.5, 0.6) is 5.75 Å². The van der Waals surface area contributed by atoms with E-state index in [2.05, 4.69) is 20.0 Å². The second-order valence-corrected chi connectivity index (χ2v) is 5.18. The number of halogens is 3. The van der Waals surface area contributed by atoms with Gasteiger partial charge in [0.2, 0.25) is 5.91 Å². The number of pyridine rings is 1. The molecular weight excluding hydrogens is 343 g/mol. The molecule has 136 valence electrons. The lowest BCUT2D eigenvalue weighted by atomic mass is 9.97. The third-order valence-corrected chi connectivity index (χ3v) is 3.17. The van der Waals surface area contributed by atoms with Gasteiger partial charge in [0.1, 0.15) is 5.75 Å². The Morgan fingerprint density at radius 3 is 2.68 bits per heavy atom. The number of amides is 1. The third-order valence-electron chi connectivity index (χ3n) is 3.17. The number of hydrogen-bond donors (Lipinski definition) is 2. The van der Waals surface area contributed by atoms with E-state index in [1.165, 1.54) is 16.8 Å². The number of carbonyl (C=O) groups excluding carboxylic acids is 1. The molecule has 3 N–H and O–H groups in total. The van der Waals surface area contributed by atoms with Crippen molar-refractivity contribution >= 4 is 5.91 Å². The minimum Gasteiger partial charge on any atom is -0.483 e. The summed E-state index contributed by atoms with van der Waals surface area (Å²) in [5.74, 6) is -1.26. The van der Waals surface area contributed by atoms with E-state index >= 15 is 0 Å². The van der Waals surface area contributed by atoms with Gasteiger partial charge in [0.05, 0.1) is 36.7 Å². The molecule has 0 aliphatic carbocycles. The molecule has 2 aromatic rings. The minimum atomic E-state index is -4.45. The number of carbonyl (C=O) groups is 1. The SMILES string of the molecule is NC(=O)C[C@@H](c1ccc(OCC(F)(F)F)cn1)c1cn(CCO)nn1. The van der Waals surface area contributed by atoms with Crippen molar-refractivity contribution in [3.8, 4) is 5.75 Å². The predicted molar refractivity (Wildman–Crippen MR) is 78.5 cm³/mol. The zero-order valence-electron chi connectivity index (χ0n) is 13.0. The molecular formula is C14H16F3N5O3. The Morgan fingerprint density at radius 1 is 1.36 bits per heavy atom. The average molecular weight is 359 g/mol. The summed E-state index contributed by atoms with van der Waals surface area (Å²) in [6.07, 6.45) is -1.88. The molecule has 1 atom stereocenters. The maximum absolute atomic E-state index is 12.1. The standard InChI is InChI=1S/C14H16F3N5O3/c15-14(16,17)8-25-9-1-2-11(19-6-9)10(5-13(18)24)12-7-22(3-4-23)21-20-12/h1-2,6-7,10,23H,3-5,8H2,(H2,18,24)/t10-/m0/s1. The number of nitrogens with two attached hydrogens (primary N) is 1. The fourth-order valence-corrected chi connectivity index (χ4v) is 2.10. The highest BCUT2D eigenvalue weighted by atomic mass is 19.4. The van der Waals surface area contributed by atoms with Crippen LogP contribution < -0.4 is 10.5 Å². The van der Waals surface area contributed by atoms with Crippen molar-refractivity contribution in [3.05, 3.63) is 35.9 Å². The Kier molecular flexibility index (Phi) is 5.91. The number of rotatable bonds is 8. The lowest BCUT2D eigenvalue weighted by Crippen LogP contribution is -2.19. The number of primary amides is 1. The van der Waals surface area contributed by atoms with Crippen LogP contribution in [0.4, 0.5) is 13.2 Å². The van der Waals surface area contributed by atoms with Crippen molar-refractivity contribution in [2.45, 2.75) is 25.1 Å². The van der Waals surface area contributed by atoms with E-state index in [-0.39, 0.29) is 25.3 Å². The minimum absolute atomic E-state index is 0.0529. The lowest BCUT2D eigenvalue weighted by molar-refractivity contribution is -0.153. The first-order valence-electron chi connectivity index (χ1n) is 7.23. The summed E-state index contributed by atoms with van der Waals surface area (Å²) < 4.78 is 42.4. The smallest absolute Gasteiger partial charge is 0.422 e. The van der Waals surface area contributed by atoms with Crippen LogP contribution in [0.1, 0.15) is 23.7 Å². The van der Waals surface area contributed by atoms with Crippen molar-refractivity contribution in [2.24, 2.45) is 5.73 Å². The van der Waals surface area contributed by atoms with Crippen LogP contribution in [0.25, 0.3) is 0 Å². The van der Waals surface area contributed by atoms with Gasteiger partial charge in [-0.15, -0.1) is 5.10 Å². The number of aliphatic hydroxyl groups is 1. The van der Waals surface area contributed by atoms with Crippen LogP contribution in [-0.4, -0.2) is 50.4 Å². The van der Waals surface area contributed by atoms with Gasteiger partial charge < -0.3 is 15.6 Å². The Bertz CT molecular complexity index is 702. The highest BCUT2D eigenvalue weighted by molar-refractivity contribution is 5.75. The van der Waals surface area contributed by atoms with E-state index in [1.807, 2.05) is 0 Å². The summed E-state index contributed by atoms with van der Waals surface area (Å²) in [6, 6.07) is 2.75. The van der Waals surface area contributed by atoms with Gasteiger partial charge in [-0.05, 0) is 12.1 Å². The maximum atomic E-state index is 12.1. The van der Waals surface area contributed by atoms with Gasteiger partial charge in [-0.2, -0.15) is 13.2 Å². The Labute approximate surface area is 140 Å². The molecule has 0 saturated carbocycles. The molecule has 2 heterocycles. The Morgan fingerprint density at radius 2 is 2.12 bits per heavy atom. The average Bonchev–Trinajstić information content (AvgIpc) is 2.99. The van der Waals surface area contributed by atoms with Crippen LogP contribution in [0.3, 0.4) is 0 Å². The first-order valence-corrected chi connectivity index (χ1v) is 7.23. The van der Waals surface area contributed by atoms with E-state index in [4.69, 9.17) is 10.8 Å². The van der Waals surface area contributed by atoms with Crippen LogP contribution in [0, 0.1) is 0 Å². The second kappa shape index (κ2) is 7.92. The normalized spacial score (nSPS) is 12.8. The van der Waals surface area contributed by atoms with Gasteiger partial charge in [0, 0.05) is 12.6 Å². The van der Waals surface area contributed by atoms with Crippen molar-refractivity contribution in [1.82, 2.24) is 20.0 Å². The molecule has 8 nitrogen and oxygen atoms in total. The van der Waals surface area contributed by atoms with Crippen LogP contribution in [0.2, 0.25) is 0 Å². The summed E-state index contributed by atoms with van der Waals surface area (Å²) in [6.45, 7) is -1.32. The summed E-state index contributed by atoms with van der Waals surface area (Å²) in [5.41, 5.74) is 6.04. The number of aromatic nitrogens is 4. The number of ether oxygens (including phenoxy) is 1. The number of nitrogens with zero attached hydrogens (tertiary/aromatic N) is 4. The summed E-state index contributed by atoms with van der Waals surface area (Å²) in [5, 5.41) is 16.6. The molecule has 0 aliphatic heterocycles. The predicted octanol–water partition coefficient (Wildman–Crippen LogP) is 0.614. The Hall–Kier alpha value is -2.69. The summed E-state index contributed by atoms with van der Waals surface area (Å²) in [4.78, 5) is 15.4. The van der Waals surface area contributed by atoms with Crippen LogP contribution in [0.15, 0.2) is 24.5 Å². The van der Waals surface area contributed by atoms with E-state index in [0.717, 1.165) is 6.20 Å². The molecule has 0 bridgehead atoms. The van der Waals surface area contributed by atoms with Gasteiger partial charge in [0.15, 0.2) is 6.61 Å². The largest absolute Gasteiger partial charge is 0.483 e. The molecule has 2 aromatic heterocycles. The first kappa shape index (κ1) is 18.6. The van der Waals surface area contributed by atoms with Gasteiger partial charge in [-0.1, -0.05) is 5.21 Å². The lowest BCUT2D eigenvalue weighted by Gasteiger charge is -2.13. The number of aliphatic hydroxyl groups excluding tert-OH is 1. The highest BCUT2D eigenvalue weighted by Crippen LogP contribution is 2.26. The molecule has 11 heteroatoms.